The number of carbonyl (C=O) groups is 1. The molecule has 3 nitrogen and oxygen atoms in total. The summed E-state index contributed by atoms with van der Waals surface area (Å²) in [6, 6.07) is 16.0. The lowest BCUT2D eigenvalue weighted by Crippen LogP contribution is -2.08. The Balaban J connectivity index is 2.08. The number of aryl methyl sites for hydroxylation is 1. The van der Waals surface area contributed by atoms with Crippen LogP contribution >= 0.6 is 0 Å². The Morgan fingerprint density at radius 3 is 2.52 bits per heavy atom. The number of aliphatic carboxylic acids is 1. The molecule has 1 atom stereocenters. The van der Waals surface area contributed by atoms with Gasteiger partial charge in [-0.3, -0.25) is 4.79 Å². The van der Waals surface area contributed by atoms with Crippen molar-refractivity contribution < 1.29 is 14.6 Å². The zero-order valence-electron chi connectivity index (χ0n) is 13.8. The van der Waals surface area contributed by atoms with E-state index in [0.29, 0.717) is 6.61 Å². The molecule has 0 aliphatic carbocycles. The molecule has 0 amide bonds. The van der Waals surface area contributed by atoms with Crippen molar-refractivity contribution in [2.45, 2.75) is 45.6 Å². The molecule has 0 bridgehead atoms. The number of ether oxygens (including phenoxy) is 1. The maximum atomic E-state index is 11.1. The Morgan fingerprint density at radius 2 is 1.91 bits per heavy atom. The summed E-state index contributed by atoms with van der Waals surface area (Å²) < 4.78 is 5.83. The lowest BCUT2D eigenvalue weighted by atomic mass is 9.88. The van der Waals surface area contributed by atoms with Crippen LogP contribution in [0.4, 0.5) is 0 Å². The van der Waals surface area contributed by atoms with Crippen molar-refractivity contribution in [3.8, 4) is 5.75 Å². The third-order valence-corrected chi connectivity index (χ3v) is 3.99. The minimum absolute atomic E-state index is 0.0701. The van der Waals surface area contributed by atoms with E-state index in [9.17, 15) is 4.79 Å². The first-order chi connectivity index (χ1) is 11.1. The molecule has 2 rings (SSSR count). The molecular weight excluding hydrogens is 288 g/mol. The van der Waals surface area contributed by atoms with Gasteiger partial charge in [-0.1, -0.05) is 49.7 Å². The average molecular weight is 312 g/mol. The highest BCUT2D eigenvalue weighted by Gasteiger charge is 2.17. The molecule has 0 saturated carbocycles. The molecule has 0 fully saturated rings. The van der Waals surface area contributed by atoms with Gasteiger partial charge in [0.15, 0.2) is 0 Å². The number of rotatable bonds is 8. The van der Waals surface area contributed by atoms with Crippen molar-refractivity contribution in [2.75, 3.05) is 0 Å². The first-order valence-corrected chi connectivity index (χ1v) is 8.09. The van der Waals surface area contributed by atoms with E-state index < -0.39 is 5.97 Å². The monoisotopic (exact) mass is 312 g/mol. The lowest BCUT2D eigenvalue weighted by Gasteiger charge is -2.18. The Morgan fingerprint density at radius 1 is 1.17 bits per heavy atom. The zero-order chi connectivity index (χ0) is 16.7. The summed E-state index contributed by atoms with van der Waals surface area (Å²) in [7, 11) is 0. The van der Waals surface area contributed by atoms with E-state index in [0.717, 1.165) is 35.3 Å². The minimum Gasteiger partial charge on any atom is -0.489 e. The van der Waals surface area contributed by atoms with Crippen molar-refractivity contribution in [3.63, 3.8) is 0 Å². The van der Waals surface area contributed by atoms with E-state index in [1.54, 1.807) is 0 Å². The highest BCUT2D eigenvalue weighted by molar-refractivity contribution is 5.68. The van der Waals surface area contributed by atoms with Crippen molar-refractivity contribution in [3.05, 3.63) is 65.2 Å². The highest BCUT2D eigenvalue weighted by atomic mass is 16.5. The number of hydrogen-bond acceptors (Lipinski definition) is 2. The Hall–Kier alpha value is -2.29. The SMILES string of the molecule is CCCC(CC(=O)O)c1ccc(OCc2ccccc2)cc1C. The van der Waals surface area contributed by atoms with Crippen LogP contribution in [0, 0.1) is 6.92 Å². The van der Waals surface area contributed by atoms with Crippen LogP contribution in [0.15, 0.2) is 48.5 Å². The standard InChI is InChI=1S/C20H24O3/c1-3-7-17(13-20(21)22)19-11-10-18(12-15(19)2)23-14-16-8-5-4-6-9-16/h4-6,8-12,17H,3,7,13-14H2,1-2H3,(H,21,22). The van der Waals surface area contributed by atoms with E-state index in [4.69, 9.17) is 9.84 Å². The van der Waals surface area contributed by atoms with Crippen molar-refractivity contribution in [1.29, 1.82) is 0 Å². The van der Waals surface area contributed by atoms with E-state index in [-0.39, 0.29) is 12.3 Å². The number of benzene rings is 2. The molecule has 2 aromatic rings. The van der Waals surface area contributed by atoms with Gasteiger partial charge in [-0.25, -0.2) is 0 Å². The van der Waals surface area contributed by atoms with E-state index in [1.165, 1.54) is 0 Å². The summed E-state index contributed by atoms with van der Waals surface area (Å²) in [4.78, 5) is 11.1. The molecule has 0 radical (unpaired) electrons. The summed E-state index contributed by atoms with van der Waals surface area (Å²) in [5.74, 6) is 0.147. The summed E-state index contributed by atoms with van der Waals surface area (Å²) >= 11 is 0. The third kappa shape index (κ3) is 5.13. The molecule has 0 saturated heterocycles. The van der Waals surface area contributed by atoms with Crippen molar-refractivity contribution >= 4 is 5.97 Å². The molecule has 122 valence electrons. The smallest absolute Gasteiger partial charge is 0.303 e. The fraction of sp³-hybridized carbons (Fsp3) is 0.350. The topological polar surface area (TPSA) is 46.5 Å². The summed E-state index contributed by atoms with van der Waals surface area (Å²) in [6.45, 7) is 4.64. The van der Waals surface area contributed by atoms with E-state index in [2.05, 4.69) is 6.92 Å². The molecular formula is C20H24O3. The fourth-order valence-electron chi connectivity index (χ4n) is 2.86. The van der Waals surface area contributed by atoms with Crippen LogP contribution in [0.5, 0.6) is 5.75 Å². The van der Waals surface area contributed by atoms with Crippen molar-refractivity contribution in [1.82, 2.24) is 0 Å². The van der Waals surface area contributed by atoms with Crippen LogP contribution in [-0.2, 0) is 11.4 Å². The first-order valence-electron chi connectivity index (χ1n) is 8.09. The fourth-order valence-corrected chi connectivity index (χ4v) is 2.86. The molecule has 1 N–H and O–H groups in total. The molecule has 1 unspecified atom stereocenters. The normalized spacial score (nSPS) is 11.9. The Labute approximate surface area is 137 Å². The Bertz CT molecular complexity index is 635. The van der Waals surface area contributed by atoms with E-state index >= 15 is 0 Å². The van der Waals surface area contributed by atoms with Gasteiger partial charge in [-0.15, -0.1) is 0 Å². The second-order valence-electron chi connectivity index (χ2n) is 5.88. The number of hydrogen-bond donors (Lipinski definition) is 1. The summed E-state index contributed by atoms with van der Waals surface area (Å²) in [6.07, 6.45) is 2.04. The Kier molecular flexibility index (Phi) is 6.21. The van der Waals surface area contributed by atoms with Crippen LogP contribution < -0.4 is 4.74 Å². The zero-order valence-corrected chi connectivity index (χ0v) is 13.8. The quantitative estimate of drug-likeness (QED) is 0.751. The van der Waals surface area contributed by atoms with Gasteiger partial charge in [0, 0.05) is 0 Å². The van der Waals surface area contributed by atoms with Crippen LogP contribution in [0.25, 0.3) is 0 Å². The van der Waals surface area contributed by atoms with Gasteiger partial charge in [0.05, 0.1) is 6.42 Å². The van der Waals surface area contributed by atoms with Gasteiger partial charge < -0.3 is 9.84 Å². The molecule has 3 heteroatoms. The van der Waals surface area contributed by atoms with Gasteiger partial charge in [-0.2, -0.15) is 0 Å². The largest absolute Gasteiger partial charge is 0.489 e. The molecule has 0 aliphatic heterocycles. The second kappa shape index (κ2) is 8.37. The maximum absolute atomic E-state index is 11.1. The molecule has 0 heterocycles. The predicted molar refractivity (Wildman–Crippen MR) is 91.9 cm³/mol. The van der Waals surface area contributed by atoms with E-state index in [1.807, 2.05) is 55.5 Å². The van der Waals surface area contributed by atoms with Crippen LogP contribution in [0.3, 0.4) is 0 Å². The van der Waals surface area contributed by atoms with Gasteiger partial charge in [0.2, 0.25) is 0 Å². The predicted octanol–water partition coefficient (Wildman–Crippen LogP) is 4.93. The number of carboxylic acids is 1. The summed E-state index contributed by atoms with van der Waals surface area (Å²) in [5.41, 5.74) is 3.33. The summed E-state index contributed by atoms with van der Waals surface area (Å²) in [5, 5.41) is 9.10. The minimum atomic E-state index is -0.743. The van der Waals surface area contributed by atoms with Gasteiger partial charge in [-0.05, 0) is 48.1 Å². The van der Waals surface area contributed by atoms with Crippen LogP contribution in [0.2, 0.25) is 0 Å². The molecule has 0 aliphatic rings. The van der Waals surface area contributed by atoms with Crippen molar-refractivity contribution in [2.24, 2.45) is 0 Å². The van der Waals surface area contributed by atoms with Gasteiger partial charge in [0.25, 0.3) is 0 Å². The maximum Gasteiger partial charge on any atom is 0.303 e. The molecule has 0 spiro atoms. The molecule has 0 aromatic heterocycles. The first kappa shape index (κ1) is 17.1. The lowest BCUT2D eigenvalue weighted by molar-refractivity contribution is -0.137. The third-order valence-electron chi connectivity index (χ3n) is 3.99. The average Bonchev–Trinajstić information content (AvgIpc) is 2.53. The second-order valence-corrected chi connectivity index (χ2v) is 5.88. The van der Waals surface area contributed by atoms with Gasteiger partial charge >= 0.3 is 5.97 Å². The molecule has 2 aromatic carbocycles. The van der Waals surface area contributed by atoms with Crippen LogP contribution in [-0.4, -0.2) is 11.1 Å². The van der Waals surface area contributed by atoms with Gasteiger partial charge in [0.1, 0.15) is 12.4 Å². The van der Waals surface area contributed by atoms with Crippen LogP contribution in [0.1, 0.15) is 48.8 Å². The number of carboxylic acid groups (broad SMARTS) is 1. The molecule has 23 heavy (non-hydrogen) atoms. The highest BCUT2D eigenvalue weighted by Crippen LogP contribution is 2.30.